The fraction of sp³-hybridized carbons (Fsp3) is 0.545. The minimum Gasteiger partial charge on any atom is -0.389 e. The van der Waals surface area contributed by atoms with Crippen molar-refractivity contribution in [2.75, 3.05) is 26.0 Å². The van der Waals surface area contributed by atoms with E-state index in [1.165, 1.54) is 32.4 Å². The predicted molar refractivity (Wildman–Crippen MR) is 71.0 cm³/mol. The molecule has 0 aromatic carbocycles. The average molecular weight is 289 g/mol. The summed E-state index contributed by atoms with van der Waals surface area (Å²) in [5.74, 6) is 0.242. The molecular weight excluding hydrogens is 270 g/mol. The van der Waals surface area contributed by atoms with Crippen molar-refractivity contribution in [1.29, 1.82) is 0 Å². The highest BCUT2D eigenvalue weighted by Crippen LogP contribution is 2.12. The molecule has 1 atom stereocenters. The summed E-state index contributed by atoms with van der Waals surface area (Å²) >= 11 is 0. The summed E-state index contributed by atoms with van der Waals surface area (Å²) in [6.45, 7) is 1.77. The third-order valence-electron chi connectivity index (χ3n) is 2.56. The van der Waals surface area contributed by atoms with Crippen LogP contribution < -0.4 is 10.5 Å². The summed E-state index contributed by atoms with van der Waals surface area (Å²) < 4.78 is 31.0. The number of hydrogen-bond acceptors (Lipinski definition) is 6. The van der Waals surface area contributed by atoms with E-state index >= 15 is 0 Å². The average Bonchev–Trinajstić information content (AvgIpc) is 2.35. The van der Waals surface area contributed by atoms with Gasteiger partial charge in [-0.25, -0.2) is 18.1 Å². The molecule has 0 amide bonds. The Morgan fingerprint density at radius 2 is 2.21 bits per heavy atom. The Bertz CT molecular complexity index is 499. The largest absolute Gasteiger partial charge is 0.389 e. The maximum Gasteiger partial charge on any atom is 0.242 e. The molecule has 19 heavy (non-hydrogen) atoms. The smallest absolute Gasteiger partial charge is 0.242 e. The number of nitrogens with two attached hydrogens (primary N) is 1. The zero-order valence-corrected chi connectivity index (χ0v) is 11.8. The van der Waals surface area contributed by atoms with Crippen LogP contribution in [0.2, 0.25) is 0 Å². The summed E-state index contributed by atoms with van der Waals surface area (Å²) in [6, 6.07) is 2.76. The van der Waals surface area contributed by atoms with Gasteiger partial charge in [-0.3, -0.25) is 0 Å². The first-order chi connectivity index (χ1) is 8.77. The molecule has 0 saturated carbocycles. The van der Waals surface area contributed by atoms with E-state index < -0.39 is 15.6 Å². The Labute approximate surface area is 112 Å². The Kier molecular flexibility index (Phi) is 5.24. The van der Waals surface area contributed by atoms with Gasteiger partial charge in [-0.2, -0.15) is 0 Å². The topological polar surface area (TPSA) is 115 Å². The molecule has 0 aliphatic carbocycles. The van der Waals surface area contributed by atoms with E-state index in [1.54, 1.807) is 0 Å². The highest BCUT2D eigenvalue weighted by Gasteiger charge is 2.24. The molecule has 0 aliphatic rings. The second-order valence-corrected chi connectivity index (χ2v) is 6.25. The van der Waals surface area contributed by atoms with Gasteiger partial charge in [0.05, 0.1) is 5.60 Å². The van der Waals surface area contributed by atoms with Crippen LogP contribution >= 0.6 is 0 Å². The van der Waals surface area contributed by atoms with Gasteiger partial charge < -0.3 is 15.6 Å². The Morgan fingerprint density at radius 1 is 1.53 bits per heavy atom. The maximum absolute atomic E-state index is 11.9. The molecule has 1 heterocycles. The standard InChI is InChI=1S/C11H19N3O4S/c1-11(15,5-6-18-2)8-14-19(16,17)9-3-4-10(12)13-7-9/h3-4,7,14-15H,5-6,8H2,1-2H3,(H2,12,13). The van der Waals surface area contributed by atoms with Gasteiger partial charge in [-0.05, 0) is 19.1 Å². The monoisotopic (exact) mass is 289 g/mol. The zero-order chi connectivity index (χ0) is 14.5. The second-order valence-electron chi connectivity index (χ2n) is 4.48. The van der Waals surface area contributed by atoms with Crippen LogP contribution in [0.4, 0.5) is 5.82 Å². The third kappa shape index (κ3) is 5.11. The van der Waals surface area contributed by atoms with Crippen molar-refractivity contribution < 1.29 is 18.3 Å². The molecule has 0 radical (unpaired) electrons. The summed E-state index contributed by atoms with van der Waals surface area (Å²) in [5, 5.41) is 9.96. The third-order valence-corrected chi connectivity index (χ3v) is 3.94. The molecule has 0 saturated heterocycles. The molecule has 7 nitrogen and oxygen atoms in total. The molecule has 108 valence electrons. The summed E-state index contributed by atoms with van der Waals surface area (Å²) in [6.07, 6.45) is 1.49. The van der Waals surface area contributed by atoms with Crippen LogP contribution in [-0.4, -0.2) is 44.4 Å². The lowest BCUT2D eigenvalue weighted by atomic mass is 10.0. The predicted octanol–water partition coefficient (Wildman–Crippen LogP) is -0.270. The molecule has 8 heteroatoms. The van der Waals surface area contributed by atoms with E-state index in [2.05, 4.69) is 9.71 Å². The molecule has 1 rings (SSSR count). The lowest BCUT2D eigenvalue weighted by molar-refractivity contribution is 0.0292. The number of pyridine rings is 1. The van der Waals surface area contributed by atoms with Crippen molar-refractivity contribution in [3.8, 4) is 0 Å². The SMILES string of the molecule is COCCC(C)(O)CNS(=O)(=O)c1ccc(N)nc1. The molecule has 0 spiro atoms. The van der Waals surface area contributed by atoms with E-state index in [0.29, 0.717) is 13.0 Å². The van der Waals surface area contributed by atoms with Crippen molar-refractivity contribution in [2.24, 2.45) is 0 Å². The lowest BCUT2D eigenvalue weighted by Crippen LogP contribution is -2.41. The number of hydrogen-bond donors (Lipinski definition) is 3. The molecular formula is C11H19N3O4S. The maximum atomic E-state index is 11.9. The summed E-state index contributed by atoms with van der Waals surface area (Å²) in [7, 11) is -2.19. The van der Waals surface area contributed by atoms with Gasteiger partial charge in [0.2, 0.25) is 10.0 Å². The van der Waals surface area contributed by atoms with Crippen molar-refractivity contribution in [1.82, 2.24) is 9.71 Å². The number of ether oxygens (including phenoxy) is 1. The van der Waals surface area contributed by atoms with E-state index in [0.717, 1.165) is 0 Å². The Morgan fingerprint density at radius 3 is 2.74 bits per heavy atom. The fourth-order valence-electron chi connectivity index (χ4n) is 1.29. The van der Waals surface area contributed by atoms with Crippen LogP contribution in [0.5, 0.6) is 0 Å². The second kappa shape index (κ2) is 6.29. The number of nitrogens with one attached hydrogen (secondary N) is 1. The van der Waals surface area contributed by atoms with Gasteiger partial charge in [0.25, 0.3) is 0 Å². The van der Waals surface area contributed by atoms with Gasteiger partial charge in [0.1, 0.15) is 10.7 Å². The van der Waals surface area contributed by atoms with Crippen LogP contribution in [-0.2, 0) is 14.8 Å². The number of nitrogen functional groups attached to an aromatic ring is 1. The summed E-state index contributed by atoms with van der Waals surface area (Å²) in [4.78, 5) is 3.72. The van der Waals surface area contributed by atoms with Gasteiger partial charge >= 0.3 is 0 Å². The minimum atomic E-state index is -3.70. The van der Waals surface area contributed by atoms with E-state index in [1.807, 2.05) is 0 Å². The highest BCUT2D eigenvalue weighted by molar-refractivity contribution is 7.89. The van der Waals surface area contributed by atoms with Gasteiger partial charge in [0, 0.05) is 32.9 Å². The van der Waals surface area contributed by atoms with Crippen molar-refractivity contribution in [2.45, 2.75) is 23.8 Å². The van der Waals surface area contributed by atoms with Crippen LogP contribution in [0.3, 0.4) is 0 Å². The van der Waals surface area contributed by atoms with Crippen LogP contribution in [0.1, 0.15) is 13.3 Å². The Hall–Kier alpha value is -1.22. The Balaban J connectivity index is 2.68. The lowest BCUT2D eigenvalue weighted by Gasteiger charge is -2.23. The first-order valence-corrected chi connectivity index (χ1v) is 7.18. The normalized spacial score (nSPS) is 15.1. The van der Waals surface area contributed by atoms with Gasteiger partial charge in [-0.1, -0.05) is 0 Å². The van der Waals surface area contributed by atoms with E-state index in [4.69, 9.17) is 10.5 Å². The fourth-order valence-corrected chi connectivity index (χ4v) is 2.40. The first kappa shape index (κ1) is 15.8. The van der Waals surface area contributed by atoms with Crippen LogP contribution in [0.15, 0.2) is 23.2 Å². The van der Waals surface area contributed by atoms with Crippen LogP contribution in [0.25, 0.3) is 0 Å². The number of aliphatic hydroxyl groups is 1. The molecule has 1 unspecified atom stereocenters. The van der Waals surface area contributed by atoms with Crippen molar-refractivity contribution >= 4 is 15.8 Å². The summed E-state index contributed by atoms with van der Waals surface area (Å²) in [5.41, 5.74) is 4.21. The number of rotatable bonds is 7. The first-order valence-electron chi connectivity index (χ1n) is 5.69. The quantitative estimate of drug-likeness (QED) is 0.636. The molecule has 0 bridgehead atoms. The van der Waals surface area contributed by atoms with Crippen molar-refractivity contribution in [3.63, 3.8) is 0 Å². The number of sulfonamides is 1. The number of anilines is 1. The van der Waals surface area contributed by atoms with Gasteiger partial charge in [0.15, 0.2) is 0 Å². The van der Waals surface area contributed by atoms with E-state index in [-0.39, 0.29) is 17.3 Å². The molecule has 0 aliphatic heterocycles. The minimum absolute atomic E-state index is 0.00393. The van der Waals surface area contributed by atoms with Gasteiger partial charge in [-0.15, -0.1) is 0 Å². The number of nitrogens with zero attached hydrogens (tertiary/aromatic N) is 1. The van der Waals surface area contributed by atoms with Crippen molar-refractivity contribution in [3.05, 3.63) is 18.3 Å². The van der Waals surface area contributed by atoms with E-state index in [9.17, 15) is 13.5 Å². The molecule has 0 fully saturated rings. The molecule has 1 aromatic heterocycles. The molecule has 1 aromatic rings. The van der Waals surface area contributed by atoms with Crippen LogP contribution in [0, 0.1) is 0 Å². The number of aromatic nitrogens is 1. The highest BCUT2D eigenvalue weighted by atomic mass is 32.2. The number of methoxy groups -OCH3 is 1. The molecule has 4 N–H and O–H groups in total. The zero-order valence-electron chi connectivity index (χ0n) is 11.0.